The number of hydrogen-bond donors (Lipinski definition) is 1. The SMILES string of the molecule is CCNCC(C)(C1CCC1)C1CC1. The molecule has 1 nitrogen and oxygen atoms in total. The normalized spacial score (nSPS) is 28.2. The van der Waals surface area contributed by atoms with Gasteiger partial charge in [-0.2, -0.15) is 0 Å². The van der Waals surface area contributed by atoms with E-state index in [4.69, 9.17) is 0 Å². The molecular formula is C12H23N. The molecule has 0 aromatic rings. The van der Waals surface area contributed by atoms with Crippen molar-refractivity contribution in [3.05, 3.63) is 0 Å². The first-order valence-corrected chi connectivity index (χ1v) is 5.98. The Morgan fingerprint density at radius 1 is 1.15 bits per heavy atom. The molecule has 0 bridgehead atoms. The lowest BCUT2D eigenvalue weighted by Gasteiger charge is -2.44. The van der Waals surface area contributed by atoms with Gasteiger partial charge in [0.2, 0.25) is 0 Å². The Morgan fingerprint density at radius 3 is 2.15 bits per heavy atom. The van der Waals surface area contributed by atoms with E-state index < -0.39 is 0 Å². The smallest absolute Gasteiger partial charge is 0.00104 e. The highest BCUT2D eigenvalue weighted by atomic mass is 14.9. The lowest BCUT2D eigenvalue weighted by Crippen LogP contribution is -2.42. The summed E-state index contributed by atoms with van der Waals surface area (Å²) in [5.74, 6) is 2.09. The quantitative estimate of drug-likeness (QED) is 0.687. The Balaban J connectivity index is 1.92. The maximum Gasteiger partial charge on any atom is 0.00104 e. The Hall–Kier alpha value is -0.0400. The Labute approximate surface area is 82.3 Å². The molecule has 1 heteroatoms. The molecule has 1 unspecified atom stereocenters. The second-order valence-corrected chi connectivity index (χ2v) is 5.19. The van der Waals surface area contributed by atoms with Crippen molar-refractivity contribution < 1.29 is 0 Å². The molecule has 13 heavy (non-hydrogen) atoms. The van der Waals surface area contributed by atoms with Gasteiger partial charge in [-0.15, -0.1) is 0 Å². The molecule has 1 N–H and O–H groups in total. The van der Waals surface area contributed by atoms with E-state index in [0.717, 1.165) is 18.4 Å². The molecule has 2 fully saturated rings. The molecule has 2 saturated carbocycles. The highest BCUT2D eigenvalue weighted by molar-refractivity contribution is 4.99. The Morgan fingerprint density at radius 2 is 1.77 bits per heavy atom. The first kappa shape index (κ1) is 9.51. The molecule has 0 saturated heterocycles. The topological polar surface area (TPSA) is 12.0 Å². The fraction of sp³-hybridized carbons (Fsp3) is 1.00. The maximum atomic E-state index is 3.56. The molecular weight excluding hydrogens is 158 g/mol. The zero-order valence-electron chi connectivity index (χ0n) is 9.10. The van der Waals surface area contributed by atoms with E-state index in [1.165, 1.54) is 38.6 Å². The fourth-order valence-electron chi connectivity index (χ4n) is 2.83. The second-order valence-electron chi connectivity index (χ2n) is 5.19. The van der Waals surface area contributed by atoms with Crippen LogP contribution in [0.4, 0.5) is 0 Å². The van der Waals surface area contributed by atoms with Crippen LogP contribution in [-0.4, -0.2) is 13.1 Å². The van der Waals surface area contributed by atoms with Crippen LogP contribution in [0.5, 0.6) is 0 Å². The average Bonchev–Trinajstić information content (AvgIpc) is 2.79. The monoisotopic (exact) mass is 181 g/mol. The van der Waals surface area contributed by atoms with Gasteiger partial charge in [0.15, 0.2) is 0 Å². The van der Waals surface area contributed by atoms with Crippen molar-refractivity contribution in [2.75, 3.05) is 13.1 Å². The second kappa shape index (κ2) is 3.61. The Bertz CT molecular complexity index is 170. The number of nitrogens with one attached hydrogen (secondary N) is 1. The van der Waals surface area contributed by atoms with Crippen LogP contribution in [0.25, 0.3) is 0 Å². The highest BCUT2D eigenvalue weighted by Crippen LogP contribution is 2.54. The van der Waals surface area contributed by atoms with Crippen molar-refractivity contribution in [2.45, 2.75) is 46.0 Å². The van der Waals surface area contributed by atoms with Crippen molar-refractivity contribution in [3.8, 4) is 0 Å². The minimum atomic E-state index is 0.647. The van der Waals surface area contributed by atoms with Crippen LogP contribution < -0.4 is 5.32 Å². The summed E-state index contributed by atoms with van der Waals surface area (Å²) in [6.07, 6.45) is 7.48. The van der Waals surface area contributed by atoms with Crippen LogP contribution in [0.1, 0.15) is 46.0 Å². The summed E-state index contributed by atoms with van der Waals surface area (Å²) >= 11 is 0. The zero-order valence-corrected chi connectivity index (χ0v) is 9.10. The van der Waals surface area contributed by atoms with E-state index in [-0.39, 0.29) is 0 Å². The summed E-state index contributed by atoms with van der Waals surface area (Å²) in [7, 11) is 0. The van der Waals surface area contributed by atoms with Gasteiger partial charge < -0.3 is 5.32 Å². The van der Waals surface area contributed by atoms with Crippen LogP contribution in [0.3, 0.4) is 0 Å². The van der Waals surface area contributed by atoms with E-state index in [1.54, 1.807) is 0 Å². The van der Waals surface area contributed by atoms with E-state index in [2.05, 4.69) is 19.2 Å². The predicted molar refractivity (Wildman–Crippen MR) is 56.7 cm³/mol. The van der Waals surface area contributed by atoms with Gasteiger partial charge in [0.05, 0.1) is 0 Å². The van der Waals surface area contributed by atoms with Crippen LogP contribution in [-0.2, 0) is 0 Å². The van der Waals surface area contributed by atoms with Gasteiger partial charge >= 0.3 is 0 Å². The molecule has 0 aliphatic heterocycles. The standard InChI is InChI=1S/C12H23N/c1-3-13-9-12(2,11-7-8-11)10-5-4-6-10/h10-11,13H,3-9H2,1-2H3. The largest absolute Gasteiger partial charge is 0.316 e. The van der Waals surface area contributed by atoms with E-state index in [9.17, 15) is 0 Å². The number of hydrogen-bond acceptors (Lipinski definition) is 1. The molecule has 0 heterocycles. The summed E-state index contributed by atoms with van der Waals surface area (Å²) in [6, 6.07) is 0. The lowest BCUT2D eigenvalue weighted by molar-refractivity contribution is 0.0766. The molecule has 0 aromatic heterocycles. The van der Waals surface area contributed by atoms with Crippen molar-refractivity contribution in [1.29, 1.82) is 0 Å². The molecule has 0 amide bonds. The lowest BCUT2D eigenvalue weighted by atomic mass is 9.63. The highest BCUT2D eigenvalue weighted by Gasteiger charge is 2.47. The van der Waals surface area contributed by atoms with Gasteiger partial charge in [-0.25, -0.2) is 0 Å². The van der Waals surface area contributed by atoms with Gasteiger partial charge in [0, 0.05) is 6.54 Å². The summed E-state index contributed by atoms with van der Waals surface area (Å²) < 4.78 is 0. The number of rotatable bonds is 5. The summed E-state index contributed by atoms with van der Waals surface area (Å²) in [6.45, 7) is 7.14. The predicted octanol–water partition coefficient (Wildman–Crippen LogP) is 2.81. The summed E-state index contributed by atoms with van der Waals surface area (Å²) in [4.78, 5) is 0. The molecule has 2 rings (SSSR count). The third-order valence-corrected chi connectivity index (χ3v) is 4.30. The molecule has 0 radical (unpaired) electrons. The average molecular weight is 181 g/mol. The molecule has 2 aliphatic carbocycles. The first-order valence-electron chi connectivity index (χ1n) is 5.98. The van der Waals surface area contributed by atoms with Crippen LogP contribution in [0.15, 0.2) is 0 Å². The molecule has 1 atom stereocenters. The molecule has 0 aromatic carbocycles. The van der Waals surface area contributed by atoms with Gasteiger partial charge in [0.25, 0.3) is 0 Å². The van der Waals surface area contributed by atoms with Gasteiger partial charge in [-0.1, -0.05) is 20.3 Å². The minimum Gasteiger partial charge on any atom is -0.316 e. The summed E-state index contributed by atoms with van der Waals surface area (Å²) in [5, 5.41) is 3.56. The van der Waals surface area contributed by atoms with Crippen LogP contribution in [0.2, 0.25) is 0 Å². The van der Waals surface area contributed by atoms with Gasteiger partial charge in [-0.3, -0.25) is 0 Å². The van der Waals surface area contributed by atoms with Crippen molar-refractivity contribution >= 4 is 0 Å². The Kier molecular flexibility index (Phi) is 2.64. The third-order valence-electron chi connectivity index (χ3n) is 4.30. The minimum absolute atomic E-state index is 0.647. The third kappa shape index (κ3) is 1.76. The maximum absolute atomic E-state index is 3.56. The van der Waals surface area contributed by atoms with E-state index in [0.29, 0.717) is 5.41 Å². The van der Waals surface area contributed by atoms with Crippen molar-refractivity contribution in [1.82, 2.24) is 5.32 Å². The van der Waals surface area contributed by atoms with E-state index in [1.807, 2.05) is 0 Å². The fourth-order valence-corrected chi connectivity index (χ4v) is 2.83. The van der Waals surface area contributed by atoms with Crippen molar-refractivity contribution in [3.63, 3.8) is 0 Å². The molecule has 2 aliphatic rings. The van der Waals surface area contributed by atoms with Crippen LogP contribution >= 0.6 is 0 Å². The zero-order chi connectivity index (χ0) is 9.31. The molecule has 76 valence electrons. The van der Waals surface area contributed by atoms with Gasteiger partial charge in [-0.05, 0) is 49.5 Å². The van der Waals surface area contributed by atoms with Crippen molar-refractivity contribution in [2.24, 2.45) is 17.3 Å². The first-order chi connectivity index (χ1) is 6.27. The molecule has 0 spiro atoms. The van der Waals surface area contributed by atoms with Crippen LogP contribution in [0, 0.1) is 17.3 Å². The van der Waals surface area contributed by atoms with E-state index >= 15 is 0 Å². The van der Waals surface area contributed by atoms with Gasteiger partial charge in [0.1, 0.15) is 0 Å². The summed E-state index contributed by atoms with van der Waals surface area (Å²) in [5.41, 5.74) is 0.647.